The molecule has 0 bridgehead atoms. The Morgan fingerprint density at radius 3 is 2.91 bits per heavy atom. The molecule has 1 saturated heterocycles. The Balaban J connectivity index is 1.54. The topological polar surface area (TPSA) is 33.2 Å². The summed E-state index contributed by atoms with van der Waals surface area (Å²) in [7, 11) is 0. The summed E-state index contributed by atoms with van der Waals surface area (Å²) in [4.78, 5) is 18.4. The minimum Gasteiger partial charge on any atom is -0.337 e. The van der Waals surface area contributed by atoms with Crippen molar-refractivity contribution in [3.8, 4) is 0 Å². The van der Waals surface area contributed by atoms with E-state index in [1.165, 1.54) is 23.5 Å². The van der Waals surface area contributed by atoms with Crippen molar-refractivity contribution in [2.45, 2.75) is 25.7 Å². The molecule has 2 aromatic rings. The Morgan fingerprint density at radius 1 is 1.36 bits per heavy atom. The number of halogens is 1. The summed E-state index contributed by atoms with van der Waals surface area (Å²) in [6.07, 6.45) is 4.17. The molecule has 2 heterocycles. The van der Waals surface area contributed by atoms with Crippen LogP contribution < -0.4 is 0 Å². The van der Waals surface area contributed by atoms with Gasteiger partial charge in [-0.15, -0.1) is 11.3 Å². The molecule has 0 N–H and O–H groups in total. The van der Waals surface area contributed by atoms with E-state index in [9.17, 15) is 9.18 Å². The van der Waals surface area contributed by atoms with Crippen molar-refractivity contribution < 1.29 is 9.18 Å². The molecule has 1 aliphatic heterocycles. The minimum absolute atomic E-state index is 0.0488. The van der Waals surface area contributed by atoms with E-state index in [2.05, 4.69) is 4.98 Å². The van der Waals surface area contributed by atoms with Crippen LogP contribution in [0.4, 0.5) is 4.39 Å². The Kier molecular flexibility index (Phi) is 4.83. The number of piperidine rings is 1. The van der Waals surface area contributed by atoms with Crippen LogP contribution in [0.1, 0.15) is 35.3 Å². The highest BCUT2D eigenvalue weighted by molar-refractivity contribution is 7.07. The van der Waals surface area contributed by atoms with Gasteiger partial charge in [-0.05, 0) is 49.3 Å². The number of thiazole rings is 1. The predicted octanol–water partition coefficient (Wildman–Crippen LogP) is 3.77. The fourth-order valence-corrected chi connectivity index (χ4v) is 3.51. The van der Waals surface area contributed by atoms with Crippen molar-refractivity contribution in [2.24, 2.45) is 5.92 Å². The van der Waals surface area contributed by atoms with E-state index in [-0.39, 0.29) is 11.7 Å². The van der Waals surface area contributed by atoms with Gasteiger partial charge in [-0.2, -0.15) is 0 Å². The Hall–Kier alpha value is -1.75. The van der Waals surface area contributed by atoms with Crippen LogP contribution in [-0.2, 0) is 6.42 Å². The molecule has 0 spiro atoms. The Morgan fingerprint density at radius 2 is 2.18 bits per heavy atom. The van der Waals surface area contributed by atoms with Gasteiger partial charge < -0.3 is 4.90 Å². The molecule has 1 aromatic carbocycles. The molecule has 0 saturated carbocycles. The number of carbonyl (C=O) groups excluding carboxylic acids is 1. The third-order valence-electron chi connectivity index (χ3n) is 4.21. The lowest BCUT2D eigenvalue weighted by molar-refractivity contribution is 0.0663. The first kappa shape index (κ1) is 15.2. The highest BCUT2D eigenvalue weighted by atomic mass is 32.1. The number of aryl methyl sites for hydroxylation is 1. The van der Waals surface area contributed by atoms with E-state index in [0.29, 0.717) is 11.6 Å². The Labute approximate surface area is 133 Å². The molecule has 3 nitrogen and oxygen atoms in total. The number of hydrogen-bond donors (Lipinski definition) is 0. The molecule has 116 valence electrons. The van der Waals surface area contributed by atoms with Gasteiger partial charge >= 0.3 is 0 Å². The first-order valence-corrected chi connectivity index (χ1v) is 8.58. The highest BCUT2D eigenvalue weighted by Gasteiger charge is 2.25. The van der Waals surface area contributed by atoms with E-state index in [0.717, 1.165) is 44.3 Å². The van der Waals surface area contributed by atoms with Gasteiger partial charge in [0.1, 0.15) is 11.5 Å². The smallest absolute Gasteiger partial charge is 0.273 e. The molecule has 1 fully saturated rings. The van der Waals surface area contributed by atoms with Crippen LogP contribution in [0.15, 0.2) is 35.2 Å². The van der Waals surface area contributed by atoms with Crippen LogP contribution in [0, 0.1) is 11.7 Å². The second-order valence-electron chi connectivity index (χ2n) is 5.80. The van der Waals surface area contributed by atoms with Gasteiger partial charge in [0, 0.05) is 18.5 Å². The normalized spacial score (nSPS) is 18.4. The molecule has 3 rings (SSSR count). The monoisotopic (exact) mass is 318 g/mol. The molecule has 0 aliphatic carbocycles. The van der Waals surface area contributed by atoms with Gasteiger partial charge in [0.2, 0.25) is 0 Å². The number of aromatic nitrogens is 1. The largest absolute Gasteiger partial charge is 0.337 e. The van der Waals surface area contributed by atoms with E-state index < -0.39 is 0 Å². The van der Waals surface area contributed by atoms with Crippen molar-refractivity contribution in [2.75, 3.05) is 13.1 Å². The third kappa shape index (κ3) is 3.71. The molecule has 1 amide bonds. The number of amides is 1. The molecule has 5 heteroatoms. The summed E-state index contributed by atoms with van der Waals surface area (Å²) in [5.74, 6) is 0.371. The molecule has 1 aliphatic rings. The van der Waals surface area contributed by atoms with Crippen LogP contribution in [0.3, 0.4) is 0 Å². The quantitative estimate of drug-likeness (QED) is 0.860. The van der Waals surface area contributed by atoms with Gasteiger partial charge in [-0.3, -0.25) is 4.79 Å². The molecule has 22 heavy (non-hydrogen) atoms. The zero-order chi connectivity index (χ0) is 15.4. The van der Waals surface area contributed by atoms with Crippen LogP contribution in [0.5, 0.6) is 0 Å². The second kappa shape index (κ2) is 7.01. The van der Waals surface area contributed by atoms with E-state index in [1.54, 1.807) is 5.51 Å². The van der Waals surface area contributed by atoms with Crippen molar-refractivity contribution in [3.05, 3.63) is 52.2 Å². The van der Waals surface area contributed by atoms with E-state index in [4.69, 9.17) is 0 Å². The average Bonchev–Trinajstić information content (AvgIpc) is 3.08. The summed E-state index contributed by atoms with van der Waals surface area (Å²) in [6.45, 7) is 1.63. The maximum absolute atomic E-state index is 12.9. The van der Waals surface area contributed by atoms with Crippen LogP contribution >= 0.6 is 11.3 Å². The van der Waals surface area contributed by atoms with E-state index >= 15 is 0 Å². The number of hydrogen-bond acceptors (Lipinski definition) is 3. The number of benzene rings is 1. The van der Waals surface area contributed by atoms with Crippen molar-refractivity contribution in [1.29, 1.82) is 0 Å². The van der Waals surface area contributed by atoms with Gasteiger partial charge in [0.15, 0.2) is 0 Å². The lowest BCUT2D eigenvalue weighted by Crippen LogP contribution is -2.40. The number of nitrogens with zero attached hydrogens (tertiary/aromatic N) is 2. The van der Waals surface area contributed by atoms with Crippen molar-refractivity contribution >= 4 is 17.2 Å². The number of rotatable bonds is 4. The van der Waals surface area contributed by atoms with Crippen LogP contribution in [-0.4, -0.2) is 28.9 Å². The fourth-order valence-electron chi connectivity index (χ4n) is 2.99. The van der Waals surface area contributed by atoms with Crippen LogP contribution in [0.2, 0.25) is 0 Å². The SMILES string of the molecule is O=C(c1cscn1)N1CCC[C@@H](CCc2ccc(F)cc2)C1. The first-order chi connectivity index (χ1) is 10.7. The fraction of sp³-hybridized carbons (Fsp3) is 0.412. The van der Waals surface area contributed by atoms with Crippen LogP contribution in [0.25, 0.3) is 0 Å². The second-order valence-corrected chi connectivity index (χ2v) is 6.52. The lowest BCUT2D eigenvalue weighted by Gasteiger charge is -2.32. The Bertz CT molecular complexity index is 612. The summed E-state index contributed by atoms with van der Waals surface area (Å²) in [6, 6.07) is 6.70. The first-order valence-electron chi connectivity index (χ1n) is 7.64. The minimum atomic E-state index is -0.193. The van der Waals surface area contributed by atoms with Gasteiger partial charge in [0.25, 0.3) is 5.91 Å². The standard InChI is InChI=1S/C17H19FN2OS/c18-15-7-5-13(6-8-15)3-4-14-2-1-9-20(10-14)17(21)16-11-22-12-19-16/h5-8,11-12,14H,1-4,9-10H2/t14-/m0/s1. The third-order valence-corrected chi connectivity index (χ3v) is 4.80. The molecule has 0 radical (unpaired) electrons. The average molecular weight is 318 g/mol. The maximum Gasteiger partial charge on any atom is 0.273 e. The summed E-state index contributed by atoms with van der Waals surface area (Å²) < 4.78 is 12.9. The summed E-state index contributed by atoms with van der Waals surface area (Å²) in [5, 5.41) is 1.81. The van der Waals surface area contributed by atoms with E-state index in [1.807, 2.05) is 22.4 Å². The van der Waals surface area contributed by atoms with Gasteiger partial charge in [-0.1, -0.05) is 12.1 Å². The van der Waals surface area contributed by atoms with Gasteiger partial charge in [0.05, 0.1) is 5.51 Å². The lowest BCUT2D eigenvalue weighted by atomic mass is 9.91. The number of carbonyl (C=O) groups is 1. The molecule has 1 aromatic heterocycles. The van der Waals surface area contributed by atoms with Crippen molar-refractivity contribution in [1.82, 2.24) is 9.88 Å². The maximum atomic E-state index is 12.9. The summed E-state index contributed by atoms with van der Waals surface area (Å²) >= 11 is 1.45. The predicted molar refractivity (Wildman–Crippen MR) is 85.5 cm³/mol. The molecule has 1 atom stereocenters. The number of likely N-dealkylation sites (tertiary alicyclic amines) is 1. The zero-order valence-corrected chi connectivity index (χ0v) is 13.2. The van der Waals surface area contributed by atoms with Gasteiger partial charge in [-0.25, -0.2) is 9.37 Å². The highest BCUT2D eigenvalue weighted by Crippen LogP contribution is 2.23. The molecular weight excluding hydrogens is 299 g/mol. The van der Waals surface area contributed by atoms with Crippen molar-refractivity contribution in [3.63, 3.8) is 0 Å². The summed E-state index contributed by atoms with van der Waals surface area (Å²) in [5.41, 5.74) is 3.41. The molecule has 0 unspecified atom stereocenters. The molecular formula is C17H19FN2OS. The zero-order valence-electron chi connectivity index (χ0n) is 12.4.